The molecular formula is C5H6O2. The third kappa shape index (κ3) is 2.94. The monoisotopic (exact) mass is 98.0 g/mol. The lowest BCUT2D eigenvalue weighted by Gasteiger charge is -1.73. The van der Waals surface area contributed by atoms with Gasteiger partial charge in [0.2, 0.25) is 0 Å². The second-order valence-electron chi connectivity index (χ2n) is 1.08. The van der Waals surface area contributed by atoms with Crippen LogP contribution in [-0.4, -0.2) is 11.7 Å². The van der Waals surface area contributed by atoms with Crippen LogP contribution in [0.5, 0.6) is 0 Å². The molecule has 0 unspecified atom stereocenters. The predicted molar refractivity (Wildman–Crippen MR) is 25.6 cm³/mol. The van der Waals surface area contributed by atoms with E-state index in [9.17, 15) is 9.59 Å². The first kappa shape index (κ1) is 6.12. The largest absolute Gasteiger partial charge is 0.294 e. The molecule has 0 atom stereocenters. The summed E-state index contributed by atoms with van der Waals surface area (Å²) in [6.45, 7) is 1.69. The molecule has 0 radical (unpaired) electrons. The van der Waals surface area contributed by atoms with Gasteiger partial charge in [0.15, 0.2) is 5.78 Å². The van der Waals surface area contributed by atoms with Crippen molar-refractivity contribution < 1.29 is 9.59 Å². The Kier molecular flexibility index (Phi) is 2.90. The van der Waals surface area contributed by atoms with Crippen LogP contribution in [0.15, 0.2) is 6.08 Å². The summed E-state index contributed by atoms with van der Waals surface area (Å²) in [5, 5.41) is 0. The van der Waals surface area contributed by atoms with Gasteiger partial charge in [0.1, 0.15) is 5.94 Å². The molecule has 0 fully saturated rings. The summed E-state index contributed by atoms with van der Waals surface area (Å²) in [5.74, 6) is 1.22. The second kappa shape index (κ2) is 3.32. The van der Waals surface area contributed by atoms with Gasteiger partial charge in [-0.05, 0) is 0 Å². The Bertz CT molecular complexity index is 109. The average Bonchev–Trinajstić information content (AvgIpc) is 1.68. The molecule has 0 aromatic heterocycles. The molecule has 0 amide bonds. The number of ketones is 1. The van der Waals surface area contributed by atoms with Crippen molar-refractivity contribution >= 4 is 11.7 Å². The molecule has 2 heteroatoms. The van der Waals surface area contributed by atoms with Crippen LogP contribution in [0.25, 0.3) is 0 Å². The molecule has 0 rings (SSSR count). The molecule has 0 aliphatic heterocycles. The Labute approximate surface area is 41.8 Å². The number of allylic oxidation sites excluding steroid dienone is 1. The fourth-order valence-electron chi connectivity index (χ4n) is 0.168. The molecule has 0 aromatic rings. The van der Waals surface area contributed by atoms with Crippen LogP contribution in [0.1, 0.15) is 13.3 Å². The van der Waals surface area contributed by atoms with Gasteiger partial charge in [-0.2, -0.15) is 0 Å². The van der Waals surface area contributed by atoms with Gasteiger partial charge in [-0.3, -0.25) is 4.79 Å². The zero-order chi connectivity index (χ0) is 5.70. The quantitative estimate of drug-likeness (QED) is 0.369. The number of hydrogen-bond donors (Lipinski definition) is 0. The molecule has 0 saturated heterocycles. The highest BCUT2D eigenvalue weighted by atomic mass is 16.1. The minimum atomic E-state index is -0.171. The molecule has 0 heterocycles. The van der Waals surface area contributed by atoms with E-state index in [0.717, 1.165) is 6.08 Å². The molecule has 7 heavy (non-hydrogen) atoms. The van der Waals surface area contributed by atoms with Crippen LogP contribution >= 0.6 is 0 Å². The molecule has 38 valence electrons. The first-order valence-corrected chi connectivity index (χ1v) is 2.05. The summed E-state index contributed by atoms with van der Waals surface area (Å²) in [6, 6.07) is 0. The Hall–Kier alpha value is -0.880. The Morgan fingerprint density at radius 3 is 2.57 bits per heavy atom. The third-order valence-electron chi connectivity index (χ3n) is 0.568. The van der Waals surface area contributed by atoms with Gasteiger partial charge in [0, 0.05) is 6.42 Å². The molecule has 0 spiro atoms. The van der Waals surface area contributed by atoms with Gasteiger partial charge in [-0.15, -0.1) is 0 Å². The summed E-state index contributed by atoms with van der Waals surface area (Å²) in [6.07, 6.45) is 1.29. The van der Waals surface area contributed by atoms with Crippen molar-refractivity contribution in [2.24, 2.45) is 0 Å². The van der Waals surface area contributed by atoms with E-state index in [4.69, 9.17) is 0 Å². The van der Waals surface area contributed by atoms with Gasteiger partial charge in [0.05, 0.1) is 6.08 Å². The Balaban J connectivity index is 3.58. The van der Waals surface area contributed by atoms with Crippen LogP contribution in [0, 0.1) is 0 Å². The van der Waals surface area contributed by atoms with E-state index >= 15 is 0 Å². The molecule has 0 saturated carbocycles. The third-order valence-corrected chi connectivity index (χ3v) is 0.568. The summed E-state index contributed by atoms with van der Waals surface area (Å²) < 4.78 is 0. The zero-order valence-electron chi connectivity index (χ0n) is 4.10. The summed E-state index contributed by atoms with van der Waals surface area (Å²) in [5.41, 5.74) is 0. The topological polar surface area (TPSA) is 34.1 Å². The lowest BCUT2D eigenvalue weighted by atomic mass is 10.3. The highest BCUT2D eigenvalue weighted by Gasteiger charge is 1.85. The molecule has 0 N–H and O–H groups in total. The van der Waals surface area contributed by atoms with E-state index in [1.54, 1.807) is 6.92 Å². The van der Waals surface area contributed by atoms with E-state index in [1.165, 1.54) is 5.94 Å². The fraction of sp³-hybridized carbons (Fsp3) is 0.400. The second-order valence-corrected chi connectivity index (χ2v) is 1.08. The van der Waals surface area contributed by atoms with Gasteiger partial charge < -0.3 is 0 Å². The van der Waals surface area contributed by atoms with E-state index < -0.39 is 0 Å². The Morgan fingerprint density at radius 2 is 2.43 bits per heavy atom. The van der Waals surface area contributed by atoms with Crippen molar-refractivity contribution in [3.63, 3.8) is 0 Å². The van der Waals surface area contributed by atoms with Crippen molar-refractivity contribution in [1.29, 1.82) is 0 Å². The molecule has 2 nitrogen and oxygen atoms in total. The predicted octanol–water partition coefficient (Wildman–Crippen LogP) is 0.353. The minimum absolute atomic E-state index is 0.171. The maximum Gasteiger partial charge on any atom is 0.166 e. The fourth-order valence-corrected chi connectivity index (χ4v) is 0.168. The van der Waals surface area contributed by atoms with Crippen LogP contribution < -0.4 is 0 Å². The Morgan fingerprint density at radius 1 is 1.86 bits per heavy atom. The van der Waals surface area contributed by atoms with E-state index in [2.05, 4.69) is 0 Å². The van der Waals surface area contributed by atoms with Crippen LogP contribution in [0.4, 0.5) is 0 Å². The van der Waals surface area contributed by atoms with Crippen molar-refractivity contribution in [2.45, 2.75) is 13.3 Å². The number of rotatable bonds is 2. The average molecular weight is 98.1 g/mol. The van der Waals surface area contributed by atoms with Crippen LogP contribution in [-0.2, 0) is 9.59 Å². The smallest absolute Gasteiger partial charge is 0.166 e. The molecule has 0 aliphatic rings. The molecule has 0 bridgehead atoms. The maximum absolute atomic E-state index is 10.1. The molecule has 0 aromatic carbocycles. The van der Waals surface area contributed by atoms with E-state index in [-0.39, 0.29) is 5.78 Å². The van der Waals surface area contributed by atoms with E-state index in [0.29, 0.717) is 6.42 Å². The van der Waals surface area contributed by atoms with Crippen molar-refractivity contribution in [2.75, 3.05) is 0 Å². The van der Waals surface area contributed by atoms with Gasteiger partial charge in [-0.25, -0.2) is 4.79 Å². The van der Waals surface area contributed by atoms with Crippen molar-refractivity contribution in [3.8, 4) is 0 Å². The van der Waals surface area contributed by atoms with Gasteiger partial charge in [0.25, 0.3) is 0 Å². The van der Waals surface area contributed by atoms with Crippen LogP contribution in [0.2, 0.25) is 0 Å². The zero-order valence-corrected chi connectivity index (χ0v) is 4.10. The summed E-state index contributed by atoms with van der Waals surface area (Å²) >= 11 is 0. The first-order chi connectivity index (χ1) is 3.31. The molecular weight excluding hydrogens is 92.1 g/mol. The first-order valence-electron chi connectivity index (χ1n) is 2.05. The maximum atomic E-state index is 10.1. The SMILES string of the molecule is CCC(=O)C=C=O. The van der Waals surface area contributed by atoms with Crippen molar-refractivity contribution in [1.82, 2.24) is 0 Å². The van der Waals surface area contributed by atoms with Crippen LogP contribution in [0.3, 0.4) is 0 Å². The lowest BCUT2D eigenvalue weighted by Crippen LogP contribution is -1.85. The highest BCUT2D eigenvalue weighted by Crippen LogP contribution is 1.76. The number of carbonyl (C=O) groups excluding carboxylic acids is 2. The van der Waals surface area contributed by atoms with Gasteiger partial charge >= 0.3 is 0 Å². The molecule has 0 aliphatic carbocycles. The van der Waals surface area contributed by atoms with E-state index in [1.807, 2.05) is 0 Å². The highest BCUT2D eigenvalue weighted by molar-refractivity contribution is 5.95. The minimum Gasteiger partial charge on any atom is -0.294 e. The van der Waals surface area contributed by atoms with Crippen molar-refractivity contribution in [3.05, 3.63) is 6.08 Å². The lowest BCUT2D eigenvalue weighted by molar-refractivity contribution is -0.114. The number of carbonyl (C=O) groups is 1. The summed E-state index contributed by atoms with van der Waals surface area (Å²) in [4.78, 5) is 19.5. The normalized spacial score (nSPS) is 7.00. The summed E-state index contributed by atoms with van der Waals surface area (Å²) in [7, 11) is 0. The standard InChI is InChI=1S/C5H6O2/c1-2-5(7)3-4-6/h3H,2H2,1H3. The van der Waals surface area contributed by atoms with Gasteiger partial charge in [-0.1, -0.05) is 6.92 Å². The number of hydrogen-bond acceptors (Lipinski definition) is 2.